The fraction of sp³-hybridized carbons (Fsp3) is 0.263. The van der Waals surface area contributed by atoms with Crippen LogP contribution in [0, 0.1) is 0 Å². The van der Waals surface area contributed by atoms with Crippen LogP contribution >= 0.6 is 27.5 Å². The van der Waals surface area contributed by atoms with Crippen molar-refractivity contribution in [1.29, 1.82) is 0 Å². The van der Waals surface area contributed by atoms with E-state index in [1.807, 2.05) is 26.0 Å². The summed E-state index contributed by atoms with van der Waals surface area (Å²) in [6.45, 7) is 5.05. The van der Waals surface area contributed by atoms with Gasteiger partial charge in [0.15, 0.2) is 11.5 Å². The molecule has 0 atom stereocenters. The number of nitrogens with one attached hydrogen (secondary N) is 2. The summed E-state index contributed by atoms with van der Waals surface area (Å²) in [5, 5.41) is 7.21. The molecule has 27 heavy (non-hydrogen) atoms. The molecule has 0 aliphatic carbocycles. The van der Waals surface area contributed by atoms with Crippen molar-refractivity contribution in [2.45, 2.75) is 20.3 Å². The number of benzene rings is 2. The summed E-state index contributed by atoms with van der Waals surface area (Å²) in [6, 6.07) is 9.97. The Balaban J connectivity index is 2.02. The Hall–Kier alpha value is -2.25. The van der Waals surface area contributed by atoms with Gasteiger partial charge in [-0.25, -0.2) is 10.2 Å². The Morgan fingerprint density at radius 1 is 1.22 bits per heavy atom. The van der Waals surface area contributed by atoms with Crippen molar-refractivity contribution in [3.63, 3.8) is 0 Å². The van der Waals surface area contributed by atoms with Crippen LogP contribution in [0.3, 0.4) is 0 Å². The van der Waals surface area contributed by atoms with Crippen molar-refractivity contribution in [1.82, 2.24) is 5.43 Å². The van der Waals surface area contributed by atoms with E-state index in [4.69, 9.17) is 21.1 Å². The first-order valence-electron chi connectivity index (χ1n) is 8.48. The molecule has 2 N–H and O–H groups in total. The maximum atomic E-state index is 11.9. The number of hydrogen-bond acceptors (Lipinski definition) is 4. The van der Waals surface area contributed by atoms with Gasteiger partial charge in [0.2, 0.25) is 0 Å². The van der Waals surface area contributed by atoms with Crippen molar-refractivity contribution in [3.8, 4) is 11.5 Å². The average Bonchev–Trinajstić information content (AvgIpc) is 2.63. The molecule has 0 saturated heterocycles. The van der Waals surface area contributed by atoms with Crippen LogP contribution in [0.15, 0.2) is 46.0 Å². The molecule has 8 heteroatoms. The van der Waals surface area contributed by atoms with Gasteiger partial charge in [0.05, 0.1) is 23.9 Å². The zero-order valence-electron chi connectivity index (χ0n) is 15.1. The van der Waals surface area contributed by atoms with E-state index in [1.165, 1.54) is 6.21 Å². The van der Waals surface area contributed by atoms with Crippen LogP contribution in [0.25, 0.3) is 0 Å². The second-order valence-electron chi connectivity index (χ2n) is 5.44. The van der Waals surface area contributed by atoms with Crippen molar-refractivity contribution < 1.29 is 14.3 Å². The molecule has 0 radical (unpaired) electrons. The fourth-order valence-electron chi connectivity index (χ4n) is 2.13. The lowest BCUT2D eigenvalue weighted by Crippen LogP contribution is -2.24. The van der Waals surface area contributed by atoms with Gasteiger partial charge < -0.3 is 14.8 Å². The predicted molar refractivity (Wildman–Crippen MR) is 112 cm³/mol. The minimum absolute atomic E-state index is 0.458. The molecule has 0 spiro atoms. The molecular weight excluding hydrogens is 434 g/mol. The summed E-state index contributed by atoms with van der Waals surface area (Å²) in [5.74, 6) is 1.27. The fourth-order valence-corrected chi connectivity index (χ4v) is 2.83. The molecule has 2 amide bonds. The molecule has 6 nitrogen and oxygen atoms in total. The van der Waals surface area contributed by atoms with Crippen LogP contribution in [-0.4, -0.2) is 25.5 Å². The third kappa shape index (κ3) is 6.77. The van der Waals surface area contributed by atoms with E-state index in [0.29, 0.717) is 35.4 Å². The Morgan fingerprint density at radius 2 is 1.96 bits per heavy atom. The number of amides is 2. The van der Waals surface area contributed by atoms with Crippen molar-refractivity contribution in [2.75, 3.05) is 18.5 Å². The maximum Gasteiger partial charge on any atom is 0.339 e. The van der Waals surface area contributed by atoms with Crippen molar-refractivity contribution in [2.24, 2.45) is 5.10 Å². The summed E-state index contributed by atoms with van der Waals surface area (Å²) in [5.41, 5.74) is 3.78. The standard InChI is InChI=1S/C19H21BrClN3O3/c1-3-9-27-18-16(20)10-13(11-17(18)26-4-2)12-22-24-19(25)23-15-7-5-14(21)6-8-15/h5-8,10-12H,3-4,9H2,1-2H3,(H2,23,24,25)/b22-12-. The maximum absolute atomic E-state index is 11.9. The van der Waals surface area contributed by atoms with Crippen LogP contribution in [0.4, 0.5) is 10.5 Å². The number of hydrogen-bond donors (Lipinski definition) is 2. The molecular formula is C19H21BrClN3O3. The Kier molecular flexibility index (Phi) is 8.42. The lowest BCUT2D eigenvalue weighted by Gasteiger charge is -2.14. The van der Waals surface area contributed by atoms with Gasteiger partial charge in [0, 0.05) is 10.7 Å². The first-order chi connectivity index (χ1) is 13.0. The van der Waals surface area contributed by atoms with Gasteiger partial charge in [-0.05, 0) is 71.2 Å². The van der Waals surface area contributed by atoms with Crippen molar-refractivity contribution in [3.05, 3.63) is 51.5 Å². The highest BCUT2D eigenvalue weighted by molar-refractivity contribution is 9.10. The third-order valence-corrected chi connectivity index (χ3v) is 4.11. The quantitative estimate of drug-likeness (QED) is 0.412. The zero-order valence-corrected chi connectivity index (χ0v) is 17.4. The van der Waals surface area contributed by atoms with Gasteiger partial charge in [-0.15, -0.1) is 0 Å². The minimum atomic E-state index is -0.458. The molecule has 0 saturated carbocycles. The Bertz CT molecular complexity index is 798. The number of halogens is 2. The number of rotatable bonds is 8. The monoisotopic (exact) mass is 453 g/mol. The molecule has 0 fully saturated rings. The molecule has 0 unspecified atom stereocenters. The molecule has 0 aliphatic heterocycles. The predicted octanol–water partition coefficient (Wildman–Crippen LogP) is 5.45. The number of carbonyl (C=O) groups excluding carboxylic acids is 1. The molecule has 144 valence electrons. The van der Waals surface area contributed by atoms with Gasteiger partial charge in [-0.2, -0.15) is 5.10 Å². The van der Waals surface area contributed by atoms with Gasteiger partial charge in [-0.3, -0.25) is 0 Å². The molecule has 2 aromatic carbocycles. The lowest BCUT2D eigenvalue weighted by atomic mass is 10.2. The van der Waals surface area contributed by atoms with E-state index in [-0.39, 0.29) is 0 Å². The van der Waals surface area contributed by atoms with Crippen molar-refractivity contribution >= 4 is 45.5 Å². The van der Waals surface area contributed by atoms with E-state index in [2.05, 4.69) is 31.8 Å². The summed E-state index contributed by atoms with van der Waals surface area (Å²) in [6.07, 6.45) is 2.42. The summed E-state index contributed by atoms with van der Waals surface area (Å²) in [7, 11) is 0. The van der Waals surface area contributed by atoms with Gasteiger partial charge >= 0.3 is 6.03 Å². The van der Waals surface area contributed by atoms with Crippen LogP contribution in [0.2, 0.25) is 5.02 Å². The lowest BCUT2D eigenvalue weighted by molar-refractivity contribution is 0.252. The molecule has 2 rings (SSSR count). The SMILES string of the molecule is CCCOc1c(Br)cc(/C=N\NC(=O)Nc2ccc(Cl)cc2)cc1OCC. The number of carbonyl (C=O) groups is 1. The summed E-state index contributed by atoms with van der Waals surface area (Å²) >= 11 is 9.30. The Morgan fingerprint density at radius 3 is 2.63 bits per heavy atom. The van der Waals surface area contributed by atoms with E-state index < -0.39 is 6.03 Å². The first kappa shape index (κ1) is 21.1. The topological polar surface area (TPSA) is 72.0 Å². The van der Waals surface area contributed by atoms with Crippen LogP contribution < -0.4 is 20.2 Å². The van der Waals surface area contributed by atoms with Gasteiger partial charge in [0.25, 0.3) is 0 Å². The second kappa shape index (κ2) is 10.8. The van der Waals surface area contributed by atoms with Crippen LogP contribution in [-0.2, 0) is 0 Å². The highest BCUT2D eigenvalue weighted by atomic mass is 79.9. The third-order valence-electron chi connectivity index (χ3n) is 3.26. The number of nitrogens with zero attached hydrogens (tertiary/aromatic N) is 1. The number of ether oxygens (including phenoxy) is 2. The summed E-state index contributed by atoms with van der Waals surface area (Å²) < 4.78 is 12.1. The molecule has 0 heterocycles. The highest BCUT2D eigenvalue weighted by Crippen LogP contribution is 2.36. The summed E-state index contributed by atoms with van der Waals surface area (Å²) in [4.78, 5) is 11.9. The van der Waals surface area contributed by atoms with Crippen LogP contribution in [0.1, 0.15) is 25.8 Å². The zero-order chi connectivity index (χ0) is 19.6. The van der Waals surface area contributed by atoms with E-state index in [0.717, 1.165) is 16.5 Å². The number of urea groups is 1. The van der Waals surface area contributed by atoms with E-state index >= 15 is 0 Å². The minimum Gasteiger partial charge on any atom is -0.490 e. The van der Waals surface area contributed by atoms with E-state index in [1.54, 1.807) is 24.3 Å². The molecule has 0 bridgehead atoms. The van der Waals surface area contributed by atoms with Gasteiger partial charge in [0.1, 0.15) is 0 Å². The molecule has 0 aliphatic rings. The molecule has 0 aromatic heterocycles. The smallest absolute Gasteiger partial charge is 0.339 e. The second-order valence-corrected chi connectivity index (χ2v) is 6.73. The van der Waals surface area contributed by atoms with Crippen LogP contribution in [0.5, 0.6) is 11.5 Å². The largest absolute Gasteiger partial charge is 0.490 e. The van der Waals surface area contributed by atoms with Gasteiger partial charge in [-0.1, -0.05) is 18.5 Å². The van der Waals surface area contributed by atoms with E-state index in [9.17, 15) is 4.79 Å². The normalized spacial score (nSPS) is 10.7. The molecule has 2 aromatic rings. The number of hydrazone groups is 1. The first-order valence-corrected chi connectivity index (χ1v) is 9.65. The average molecular weight is 455 g/mol. The Labute approximate surface area is 172 Å². The number of anilines is 1. The highest BCUT2D eigenvalue weighted by Gasteiger charge is 2.11.